The van der Waals surface area contributed by atoms with Crippen molar-refractivity contribution in [2.45, 2.75) is 16.7 Å². The lowest BCUT2D eigenvalue weighted by Gasteiger charge is -2.06. The van der Waals surface area contributed by atoms with Gasteiger partial charge < -0.3 is 9.15 Å². The summed E-state index contributed by atoms with van der Waals surface area (Å²) in [6.07, 6.45) is 0. The first-order valence-electron chi connectivity index (χ1n) is 6.93. The summed E-state index contributed by atoms with van der Waals surface area (Å²) in [4.78, 5) is 10.4. The van der Waals surface area contributed by atoms with Crippen LogP contribution in [0.4, 0.5) is 14.5 Å². The predicted octanol–water partition coefficient (Wildman–Crippen LogP) is 5.05. The largest absolute Gasteiger partial charge is 0.427 e. The molecule has 0 aliphatic rings. The van der Waals surface area contributed by atoms with Gasteiger partial charge >= 0.3 is 12.3 Å². The van der Waals surface area contributed by atoms with Crippen LogP contribution in [0.3, 0.4) is 0 Å². The molecular weight excluding hydrogens is 392 g/mol. The molecule has 0 atom stereocenters. The standard InChI is InChI=1S/C15H8ClF2N3O4S/c16-9-3-1-2-8(6-9)13-19-20-15(25-13)26-10-4-5-11(21(22)23)12(7-10)24-14(17)18/h1-7,14H. The minimum Gasteiger partial charge on any atom is -0.427 e. The fourth-order valence-corrected chi connectivity index (χ4v) is 2.89. The number of benzene rings is 2. The molecule has 26 heavy (non-hydrogen) atoms. The Morgan fingerprint density at radius 2 is 2.04 bits per heavy atom. The van der Waals surface area contributed by atoms with Crippen LogP contribution in [-0.2, 0) is 0 Å². The second kappa shape index (κ2) is 7.67. The molecule has 0 bridgehead atoms. The molecule has 0 amide bonds. The maximum atomic E-state index is 12.4. The van der Waals surface area contributed by atoms with E-state index in [1.165, 1.54) is 6.07 Å². The van der Waals surface area contributed by atoms with Crippen molar-refractivity contribution in [2.75, 3.05) is 0 Å². The monoisotopic (exact) mass is 399 g/mol. The maximum absolute atomic E-state index is 12.4. The molecule has 0 N–H and O–H groups in total. The van der Waals surface area contributed by atoms with E-state index in [1.807, 2.05) is 0 Å². The van der Waals surface area contributed by atoms with Crippen LogP contribution < -0.4 is 4.74 Å². The Morgan fingerprint density at radius 3 is 2.73 bits per heavy atom. The third kappa shape index (κ3) is 4.27. The van der Waals surface area contributed by atoms with Crippen molar-refractivity contribution in [3.63, 3.8) is 0 Å². The van der Waals surface area contributed by atoms with Crippen molar-refractivity contribution in [2.24, 2.45) is 0 Å². The van der Waals surface area contributed by atoms with Crippen LogP contribution in [0.25, 0.3) is 11.5 Å². The van der Waals surface area contributed by atoms with E-state index in [1.54, 1.807) is 24.3 Å². The lowest BCUT2D eigenvalue weighted by atomic mass is 10.2. The first kappa shape index (κ1) is 18.1. The number of ether oxygens (including phenoxy) is 1. The smallest absolute Gasteiger partial charge is 0.387 e. The summed E-state index contributed by atoms with van der Waals surface area (Å²) in [7, 11) is 0. The SMILES string of the molecule is O=[N+]([O-])c1ccc(Sc2nnc(-c3cccc(Cl)c3)o2)cc1OC(F)F. The minimum atomic E-state index is -3.19. The van der Waals surface area contributed by atoms with Gasteiger partial charge in [-0.15, -0.1) is 10.2 Å². The number of alkyl halides is 2. The van der Waals surface area contributed by atoms with Gasteiger partial charge in [-0.3, -0.25) is 10.1 Å². The van der Waals surface area contributed by atoms with Crippen LogP contribution >= 0.6 is 23.4 Å². The number of rotatable bonds is 6. The van der Waals surface area contributed by atoms with Gasteiger partial charge in [-0.25, -0.2) is 0 Å². The lowest BCUT2D eigenvalue weighted by Crippen LogP contribution is -2.04. The number of aromatic nitrogens is 2. The highest BCUT2D eigenvalue weighted by Crippen LogP contribution is 2.36. The van der Waals surface area contributed by atoms with Gasteiger partial charge in [0.2, 0.25) is 11.6 Å². The number of nitro groups is 1. The number of hydrogen-bond donors (Lipinski definition) is 0. The zero-order valence-electron chi connectivity index (χ0n) is 12.6. The second-order valence-corrected chi connectivity index (χ2v) is 6.21. The lowest BCUT2D eigenvalue weighted by molar-refractivity contribution is -0.386. The van der Waals surface area contributed by atoms with Crippen molar-refractivity contribution in [3.05, 3.63) is 57.6 Å². The first-order chi connectivity index (χ1) is 12.4. The number of halogens is 3. The van der Waals surface area contributed by atoms with E-state index in [4.69, 9.17) is 16.0 Å². The summed E-state index contributed by atoms with van der Waals surface area (Å²) in [5.41, 5.74) is 0.0436. The molecule has 3 aromatic rings. The summed E-state index contributed by atoms with van der Waals surface area (Å²) in [6, 6.07) is 10.3. The third-order valence-electron chi connectivity index (χ3n) is 3.03. The van der Waals surface area contributed by atoms with Gasteiger partial charge in [-0.2, -0.15) is 8.78 Å². The Balaban J connectivity index is 1.84. The Kier molecular flexibility index (Phi) is 5.33. The summed E-state index contributed by atoms with van der Waals surface area (Å²) >= 11 is 6.85. The zero-order valence-corrected chi connectivity index (χ0v) is 14.2. The van der Waals surface area contributed by atoms with E-state index in [-0.39, 0.29) is 11.1 Å². The predicted molar refractivity (Wildman–Crippen MR) is 88.6 cm³/mol. The van der Waals surface area contributed by atoms with Gasteiger partial charge in [0.15, 0.2) is 0 Å². The minimum absolute atomic E-state index is 0.122. The van der Waals surface area contributed by atoms with Crippen molar-refractivity contribution in [1.29, 1.82) is 0 Å². The van der Waals surface area contributed by atoms with E-state index in [2.05, 4.69) is 14.9 Å². The van der Waals surface area contributed by atoms with Gasteiger partial charge in [0.1, 0.15) is 0 Å². The number of nitro benzene ring substituents is 1. The molecule has 0 unspecified atom stereocenters. The Hall–Kier alpha value is -2.72. The summed E-state index contributed by atoms with van der Waals surface area (Å²) in [5.74, 6) is -0.328. The van der Waals surface area contributed by atoms with Crippen LogP contribution in [0.15, 0.2) is 57.0 Å². The highest BCUT2D eigenvalue weighted by molar-refractivity contribution is 7.99. The molecule has 0 aliphatic heterocycles. The molecule has 7 nitrogen and oxygen atoms in total. The molecule has 0 radical (unpaired) electrons. The highest BCUT2D eigenvalue weighted by atomic mass is 35.5. The molecule has 0 aliphatic carbocycles. The molecule has 2 aromatic carbocycles. The van der Waals surface area contributed by atoms with Gasteiger partial charge in [0.25, 0.3) is 5.22 Å². The van der Waals surface area contributed by atoms with Crippen LogP contribution in [0, 0.1) is 10.1 Å². The molecule has 0 saturated heterocycles. The van der Waals surface area contributed by atoms with Gasteiger partial charge in [0.05, 0.1) is 4.92 Å². The third-order valence-corrected chi connectivity index (χ3v) is 4.09. The van der Waals surface area contributed by atoms with Crippen LogP contribution in [-0.4, -0.2) is 21.7 Å². The van der Waals surface area contributed by atoms with Crippen molar-refractivity contribution in [1.82, 2.24) is 10.2 Å². The van der Waals surface area contributed by atoms with Gasteiger partial charge in [-0.1, -0.05) is 17.7 Å². The Labute approximate surface area is 154 Å². The fraction of sp³-hybridized carbons (Fsp3) is 0.0667. The van der Waals surface area contributed by atoms with Gasteiger partial charge in [0, 0.05) is 27.6 Å². The molecule has 0 fully saturated rings. The molecule has 0 saturated carbocycles. The highest BCUT2D eigenvalue weighted by Gasteiger charge is 2.20. The molecule has 134 valence electrons. The normalized spacial score (nSPS) is 10.9. The molecule has 3 rings (SSSR count). The van der Waals surface area contributed by atoms with E-state index < -0.39 is 23.0 Å². The van der Waals surface area contributed by atoms with Crippen molar-refractivity contribution < 1.29 is 22.9 Å². The first-order valence-corrected chi connectivity index (χ1v) is 8.12. The van der Waals surface area contributed by atoms with Crippen LogP contribution in [0.1, 0.15) is 0 Å². The second-order valence-electron chi connectivity index (χ2n) is 4.75. The van der Waals surface area contributed by atoms with E-state index in [9.17, 15) is 18.9 Å². The van der Waals surface area contributed by atoms with Crippen molar-refractivity contribution >= 4 is 29.1 Å². The summed E-state index contributed by atoms with van der Waals surface area (Å²) in [6.45, 7) is -3.19. The average molecular weight is 400 g/mol. The maximum Gasteiger partial charge on any atom is 0.387 e. The summed E-state index contributed by atoms with van der Waals surface area (Å²) in [5, 5.41) is 19.2. The molecule has 1 heterocycles. The van der Waals surface area contributed by atoms with Gasteiger partial charge in [-0.05, 0) is 36.0 Å². The molecule has 0 spiro atoms. The van der Waals surface area contributed by atoms with Crippen LogP contribution in [0.2, 0.25) is 5.02 Å². The number of hydrogen-bond acceptors (Lipinski definition) is 7. The average Bonchev–Trinajstić information content (AvgIpc) is 3.03. The molecule has 1 aromatic heterocycles. The molecule has 11 heteroatoms. The molecular formula is C15H8ClF2N3O4S. The topological polar surface area (TPSA) is 91.3 Å². The quantitative estimate of drug-likeness (QED) is 0.423. The zero-order chi connectivity index (χ0) is 18.7. The fourth-order valence-electron chi connectivity index (χ4n) is 1.99. The van der Waals surface area contributed by atoms with Crippen molar-refractivity contribution in [3.8, 4) is 17.2 Å². The van der Waals surface area contributed by atoms with E-state index >= 15 is 0 Å². The Bertz CT molecular complexity index is 954. The Morgan fingerprint density at radius 1 is 1.23 bits per heavy atom. The number of nitrogens with zero attached hydrogens (tertiary/aromatic N) is 3. The van der Waals surface area contributed by atoms with Crippen LogP contribution in [0.5, 0.6) is 5.75 Å². The van der Waals surface area contributed by atoms with E-state index in [0.717, 1.165) is 23.9 Å². The van der Waals surface area contributed by atoms with E-state index in [0.29, 0.717) is 15.5 Å². The summed E-state index contributed by atoms with van der Waals surface area (Å²) < 4.78 is 34.6.